The van der Waals surface area contributed by atoms with E-state index in [0.717, 1.165) is 38.4 Å². The van der Waals surface area contributed by atoms with E-state index in [1.165, 1.54) is 11.8 Å². The minimum absolute atomic E-state index is 0.0789. The number of carbonyl (C=O) groups is 1. The molecule has 1 atom stereocenters. The molecule has 0 aliphatic rings. The van der Waals surface area contributed by atoms with Gasteiger partial charge in [0.25, 0.3) is 0 Å². The molecule has 182 valence electrons. The average Bonchev–Trinajstić information content (AvgIpc) is 3.23. The van der Waals surface area contributed by atoms with Crippen molar-refractivity contribution in [1.29, 1.82) is 0 Å². The fraction of sp³-hybridized carbons (Fsp3) is 0.423. The third kappa shape index (κ3) is 6.02. The Morgan fingerprint density at radius 3 is 2.44 bits per heavy atom. The summed E-state index contributed by atoms with van der Waals surface area (Å²) in [6, 6.07) is 12.1. The number of thioether (sulfide) groups is 1. The topological polar surface area (TPSA) is 69.0 Å². The molecule has 1 aromatic heterocycles. The van der Waals surface area contributed by atoms with E-state index in [9.17, 15) is 4.79 Å². The largest absolute Gasteiger partial charge is 0.482 e. The summed E-state index contributed by atoms with van der Waals surface area (Å²) in [4.78, 5) is 12.7. The van der Waals surface area contributed by atoms with Crippen LogP contribution in [0.3, 0.4) is 0 Å². The van der Waals surface area contributed by atoms with E-state index in [1.807, 2.05) is 51.1 Å². The van der Waals surface area contributed by atoms with Crippen molar-refractivity contribution in [3.8, 4) is 5.75 Å². The van der Waals surface area contributed by atoms with Crippen LogP contribution in [0.4, 0.5) is 5.69 Å². The molecule has 0 aliphatic carbocycles. The smallest absolute Gasteiger partial charge is 0.234 e. The Bertz CT molecular complexity index is 1160. The predicted octanol–water partition coefficient (Wildman–Crippen LogP) is 7.23. The Morgan fingerprint density at radius 1 is 1.06 bits per heavy atom. The normalized spacial score (nSPS) is 12.3. The summed E-state index contributed by atoms with van der Waals surface area (Å²) in [5.41, 5.74) is 4.15. The number of ether oxygens (including phenoxy) is 1. The minimum Gasteiger partial charge on any atom is -0.482 e. The predicted molar refractivity (Wildman–Crippen MR) is 143 cm³/mol. The van der Waals surface area contributed by atoms with Gasteiger partial charge in [0.05, 0.1) is 5.75 Å². The first kappa shape index (κ1) is 26.3. The molecule has 8 heteroatoms. The van der Waals surface area contributed by atoms with Crippen molar-refractivity contribution in [1.82, 2.24) is 14.8 Å². The van der Waals surface area contributed by atoms with E-state index < -0.39 is 0 Å². The molecule has 1 unspecified atom stereocenters. The van der Waals surface area contributed by atoms with Crippen LogP contribution in [0.2, 0.25) is 0 Å². The molecule has 1 amide bonds. The van der Waals surface area contributed by atoms with Crippen LogP contribution >= 0.6 is 27.7 Å². The van der Waals surface area contributed by atoms with Crippen LogP contribution in [0.25, 0.3) is 0 Å². The molecule has 2 aromatic carbocycles. The van der Waals surface area contributed by atoms with Gasteiger partial charge in [0.1, 0.15) is 5.75 Å². The molecule has 34 heavy (non-hydrogen) atoms. The maximum Gasteiger partial charge on any atom is 0.234 e. The Morgan fingerprint density at radius 2 is 1.76 bits per heavy atom. The summed E-state index contributed by atoms with van der Waals surface area (Å²) < 4.78 is 9.40. The van der Waals surface area contributed by atoms with Crippen LogP contribution in [-0.2, 0) is 4.79 Å². The number of aromatic nitrogens is 3. The number of hydrogen-bond acceptors (Lipinski definition) is 5. The van der Waals surface area contributed by atoms with Gasteiger partial charge in [-0.15, -0.1) is 10.2 Å². The second-order valence-electron chi connectivity index (χ2n) is 8.94. The number of carbonyl (C=O) groups excluding carboxylic acids is 1. The van der Waals surface area contributed by atoms with Crippen molar-refractivity contribution in [2.45, 2.75) is 71.7 Å². The molecular weight excluding hydrogens is 512 g/mol. The lowest BCUT2D eigenvalue weighted by Gasteiger charge is -2.21. The van der Waals surface area contributed by atoms with Crippen molar-refractivity contribution < 1.29 is 9.53 Å². The van der Waals surface area contributed by atoms with Crippen LogP contribution in [0.15, 0.2) is 46.0 Å². The maximum absolute atomic E-state index is 12.7. The highest BCUT2D eigenvalue weighted by Gasteiger charge is 2.23. The minimum atomic E-state index is -0.286. The number of nitrogens with zero attached hydrogens (tertiary/aromatic N) is 3. The Kier molecular flexibility index (Phi) is 8.82. The van der Waals surface area contributed by atoms with Crippen LogP contribution in [-0.4, -0.2) is 26.4 Å². The van der Waals surface area contributed by atoms with Crippen molar-refractivity contribution in [3.63, 3.8) is 0 Å². The van der Waals surface area contributed by atoms with E-state index in [2.05, 4.69) is 69.8 Å². The first-order chi connectivity index (χ1) is 16.1. The number of hydrogen-bond donors (Lipinski definition) is 1. The lowest BCUT2D eigenvalue weighted by molar-refractivity contribution is -0.113. The first-order valence-corrected chi connectivity index (χ1v) is 13.3. The van der Waals surface area contributed by atoms with Crippen LogP contribution in [0, 0.1) is 13.8 Å². The Hall–Kier alpha value is -2.32. The summed E-state index contributed by atoms with van der Waals surface area (Å²) in [5.74, 6) is 2.12. The second-order valence-corrected chi connectivity index (χ2v) is 10.7. The molecule has 6 nitrogen and oxygen atoms in total. The lowest BCUT2D eigenvalue weighted by Crippen LogP contribution is -2.17. The van der Waals surface area contributed by atoms with E-state index >= 15 is 0 Å². The number of para-hydroxylation sites is 1. The van der Waals surface area contributed by atoms with E-state index in [4.69, 9.17) is 4.74 Å². The number of benzene rings is 2. The molecule has 0 bridgehead atoms. The standard InChI is InChI=1S/C26H33BrN4O2S/c1-15(2)20-10-8-9-11-23(20)33-19(7)25-29-30-26(31(25)16(3)4)34-14-24(32)28-22-13-12-21(27)17(5)18(22)6/h8-13,15-16,19H,14H2,1-7H3,(H,28,32). The first-order valence-electron chi connectivity index (χ1n) is 11.5. The summed E-state index contributed by atoms with van der Waals surface area (Å²) in [5, 5.41) is 12.5. The summed E-state index contributed by atoms with van der Waals surface area (Å²) in [6.07, 6.45) is -0.286. The Balaban J connectivity index is 1.73. The molecule has 0 fully saturated rings. The fourth-order valence-corrected chi connectivity index (χ4v) is 5.00. The molecule has 3 aromatic rings. The van der Waals surface area contributed by atoms with Crippen LogP contribution in [0.1, 0.15) is 75.2 Å². The molecule has 0 aliphatic heterocycles. The highest BCUT2D eigenvalue weighted by Crippen LogP contribution is 2.32. The third-order valence-corrected chi connectivity index (χ3v) is 7.55. The third-order valence-electron chi connectivity index (χ3n) is 5.74. The summed E-state index contributed by atoms with van der Waals surface area (Å²) in [7, 11) is 0. The monoisotopic (exact) mass is 544 g/mol. The quantitative estimate of drug-likeness (QED) is 0.287. The number of anilines is 1. The summed E-state index contributed by atoms with van der Waals surface area (Å²) >= 11 is 4.91. The molecule has 3 rings (SSSR count). The van der Waals surface area contributed by atoms with Gasteiger partial charge < -0.3 is 14.6 Å². The van der Waals surface area contributed by atoms with Crippen molar-refractivity contribution in [3.05, 3.63) is 63.4 Å². The maximum atomic E-state index is 12.7. The van der Waals surface area contributed by atoms with Gasteiger partial charge >= 0.3 is 0 Å². The van der Waals surface area contributed by atoms with Crippen LogP contribution < -0.4 is 10.1 Å². The zero-order valence-electron chi connectivity index (χ0n) is 20.8. The van der Waals surface area contributed by atoms with Gasteiger partial charge in [-0.1, -0.05) is 59.7 Å². The fourth-order valence-electron chi connectivity index (χ4n) is 3.70. The van der Waals surface area contributed by atoms with Gasteiger partial charge in [-0.2, -0.15) is 0 Å². The average molecular weight is 546 g/mol. The highest BCUT2D eigenvalue weighted by atomic mass is 79.9. The van der Waals surface area contributed by atoms with Crippen molar-refractivity contribution in [2.24, 2.45) is 0 Å². The number of rotatable bonds is 9. The molecule has 1 N–H and O–H groups in total. The van der Waals surface area contributed by atoms with E-state index in [-0.39, 0.29) is 23.8 Å². The number of amides is 1. The van der Waals surface area contributed by atoms with Gasteiger partial charge in [-0.25, -0.2) is 0 Å². The zero-order valence-corrected chi connectivity index (χ0v) is 23.3. The van der Waals surface area contributed by atoms with E-state index in [0.29, 0.717) is 11.1 Å². The zero-order chi connectivity index (χ0) is 25.0. The van der Waals surface area contributed by atoms with E-state index in [1.54, 1.807) is 0 Å². The lowest BCUT2D eigenvalue weighted by atomic mass is 10.0. The molecular formula is C26H33BrN4O2S. The SMILES string of the molecule is Cc1c(Br)ccc(NC(=O)CSc2nnc(C(C)Oc3ccccc3C(C)C)n2C(C)C)c1C. The van der Waals surface area contributed by atoms with Gasteiger partial charge in [-0.3, -0.25) is 4.79 Å². The van der Waals surface area contributed by atoms with Crippen molar-refractivity contribution in [2.75, 3.05) is 11.1 Å². The molecule has 0 spiro atoms. The molecule has 0 radical (unpaired) electrons. The summed E-state index contributed by atoms with van der Waals surface area (Å²) in [6.45, 7) is 14.5. The Labute approximate surface area is 215 Å². The molecule has 0 saturated heterocycles. The van der Waals surface area contributed by atoms with Gasteiger partial charge in [0.2, 0.25) is 5.91 Å². The molecule has 1 heterocycles. The van der Waals surface area contributed by atoms with Gasteiger partial charge in [0, 0.05) is 16.2 Å². The molecule has 0 saturated carbocycles. The van der Waals surface area contributed by atoms with Crippen LogP contribution in [0.5, 0.6) is 5.75 Å². The van der Waals surface area contributed by atoms with Crippen molar-refractivity contribution >= 4 is 39.3 Å². The second kappa shape index (κ2) is 11.4. The number of nitrogens with one attached hydrogen (secondary N) is 1. The number of halogens is 1. The highest BCUT2D eigenvalue weighted by molar-refractivity contribution is 9.10. The van der Waals surface area contributed by atoms with Gasteiger partial charge in [-0.05, 0) is 75.4 Å². The van der Waals surface area contributed by atoms with Gasteiger partial charge in [0.15, 0.2) is 17.1 Å².